The Kier molecular flexibility index (Phi) is 4.10. The van der Waals surface area contributed by atoms with Gasteiger partial charge in [-0.25, -0.2) is 14.4 Å². The molecule has 0 aliphatic rings. The summed E-state index contributed by atoms with van der Waals surface area (Å²) in [6, 6.07) is 9.62. The van der Waals surface area contributed by atoms with Gasteiger partial charge in [-0.3, -0.25) is 0 Å². The second kappa shape index (κ2) is 5.78. The molecule has 18 heavy (non-hydrogen) atoms. The van der Waals surface area contributed by atoms with E-state index in [2.05, 4.69) is 15.3 Å². The summed E-state index contributed by atoms with van der Waals surface area (Å²) in [5.74, 6) is -0.251. The average Bonchev–Trinajstić information content (AvgIpc) is 2.41. The molecule has 0 spiro atoms. The molecule has 1 atom stereocenters. The highest BCUT2D eigenvalue weighted by molar-refractivity contribution is 6.21. The smallest absolute Gasteiger partial charge is 0.186 e. The molecule has 3 nitrogen and oxygen atoms in total. The summed E-state index contributed by atoms with van der Waals surface area (Å²) in [4.78, 5) is 7.61. The highest BCUT2D eigenvalue weighted by Crippen LogP contribution is 2.21. The Hall–Kier alpha value is -1.68. The molecule has 5 heteroatoms. The Bertz CT molecular complexity index is 519. The minimum Gasteiger partial charge on any atom is -0.366 e. The molecule has 0 saturated heterocycles. The Labute approximate surface area is 110 Å². The van der Waals surface area contributed by atoms with Gasteiger partial charge in [0.05, 0.1) is 11.1 Å². The summed E-state index contributed by atoms with van der Waals surface area (Å²) in [6.45, 7) is 2.00. The Morgan fingerprint density at radius 2 is 2.00 bits per heavy atom. The van der Waals surface area contributed by atoms with E-state index in [4.69, 9.17) is 11.6 Å². The molecule has 2 rings (SSSR count). The second-order valence-corrected chi connectivity index (χ2v) is 4.41. The van der Waals surface area contributed by atoms with Gasteiger partial charge < -0.3 is 5.32 Å². The average molecular weight is 266 g/mol. The quantitative estimate of drug-likeness (QED) is 0.862. The van der Waals surface area contributed by atoms with E-state index < -0.39 is 5.82 Å². The predicted octanol–water partition coefficient (Wildman–Crippen LogP) is 3.32. The largest absolute Gasteiger partial charge is 0.366 e. The Morgan fingerprint density at radius 3 is 2.72 bits per heavy atom. The molecule has 1 unspecified atom stereocenters. The number of aromatic nitrogens is 2. The molecule has 0 fully saturated rings. The maximum atomic E-state index is 13.6. The van der Waals surface area contributed by atoms with Crippen molar-refractivity contribution in [3.05, 3.63) is 53.7 Å². The van der Waals surface area contributed by atoms with E-state index in [9.17, 15) is 4.39 Å². The first-order valence-corrected chi connectivity index (χ1v) is 6.02. The number of nitrogens with one attached hydrogen (secondary N) is 1. The van der Waals surface area contributed by atoms with E-state index in [1.807, 2.05) is 30.3 Å². The number of hydrogen-bond donors (Lipinski definition) is 1. The van der Waals surface area contributed by atoms with Crippen LogP contribution in [0.1, 0.15) is 16.6 Å². The summed E-state index contributed by atoms with van der Waals surface area (Å²) in [6.07, 6.45) is 1.33. The first-order chi connectivity index (χ1) is 8.68. The van der Waals surface area contributed by atoms with Crippen LogP contribution >= 0.6 is 11.6 Å². The number of aryl methyl sites for hydroxylation is 1. The van der Waals surface area contributed by atoms with E-state index in [0.717, 1.165) is 5.56 Å². The zero-order chi connectivity index (χ0) is 13.0. The van der Waals surface area contributed by atoms with Crippen LogP contribution in [0.2, 0.25) is 0 Å². The lowest BCUT2D eigenvalue weighted by molar-refractivity contribution is 0.604. The van der Waals surface area contributed by atoms with E-state index in [1.165, 1.54) is 6.33 Å². The van der Waals surface area contributed by atoms with Crippen LogP contribution < -0.4 is 5.32 Å². The number of hydrogen-bond acceptors (Lipinski definition) is 3. The van der Waals surface area contributed by atoms with Crippen molar-refractivity contribution in [1.82, 2.24) is 9.97 Å². The molecular weight excluding hydrogens is 253 g/mol. The first-order valence-electron chi connectivity index (χ1n) is 5.58. The van der Waals surface area contributed by atoms with Crippen molar-refractivity contribution in [1.29, 1.82) is 0 Å². The lowest BCUT2D eigenvalue weighted by Crippen LogP contribution is -2.11. The minimum absolute atomic E-state index is 0.184. The fourth-order valence-electron chi connectivity index (χ4n) is 1.55. The van der Waals surface area contributed by atoms with Crippen molar-refractivity contribution in [3.63, 3.8) is 0 Å². The van der Waals surface area contributed by atoms with Crippen LogP contribution in [0.3, 0.4) is 0 Å². The standard InChI is InChI=1S/C13H13ClFN3/c1-9-12(15)13(18-8-17-9)16-7-11(14)10-5-3-2-4-6-10/h2-6,8,11H,7H2,1H3,(H,16,17,18). The lowest BCUT2D eigenvalue weighted by atomic mass is 10.1. The van der Waals surface area contributed by atoms with Crippen molar-refractivity contribution in [3.8, 4) is 0 Å². The van der Waals surface area contributed by atoms with E-state index in [1.54, 1.807) is 6.92 Å². The van der Waals surface area contributed by atoms with Crippen LogP contribution in [-0.2, 0) is 0 Å². The predicted molar refractivity (Wildman–Crippen MR) is 70.3 cm³/mol. The van der Waals surface area contributed by atoms with Crippen molar-refractivity contribution in [2.75, 3.05) is 11.9 Å². The summed E-state index contributed by atoms with van der Waals surface area (Å²) < 4.78 is 13.6. The van der Waals surface area contributed by atoms with E-state index in [0.29, 0.717) is 12.2 Å². The van der Waals surface area contributed by atoms with Crippen LogP contribution in [0.4, 0.5) is 10.2 Å². The van der Waals surface area contributed by atoms with Gasteiger partial charge >= 0.3 is 0 Å². The van der Waals surface area contributed by atoms with Gasteiger partial charge in [-0.1, -0.05) is 30.3 Å². The third kappa shape index (κ3) is 2.96. The topological polar surface area (TPSA) is 37.8 Å². The molecule has 2 aromatic rings. The molecule has 1 heterocycles. The van der Waals surface area contributed by atoms with Crippen LogP contribution in [-0.4, -0.2) is 16.5 Å². The zero-order valence-corrected chi connectivity index (χ0v) is 10.7. The molecule has 0 aliphatic carbocycles. The molecule has 0 saturated carbocycles. The monoisotopic (exact) mass is 265 g/mol. The molecular formula is C13H13ClFN3. The van der Waals surface area contributed by atoms with E-state index >= 15 is 0 Å². The number of nitrogens with zero attached hydrogens (tertiary/aromatic N) is 2. The van der Waals surface area contributed by atoms with E-state index in [-0.39, 0.29) is 11.2 Å². The normalized spacial score (nSPS) is 12.2. The van der Waals surface area contributed by atoms with Gasteiger partial charge in [0.1, 0.15) is 6.33 Å². The van der Waals surface area contributed by atoms with Gasteiger partial charge in [0.25, 0.3) is 0 Å². The minimum atomic E-state index is -0.436. The Morgan fingerprint density at radius 1 is 1.28 bits per heavy atom. The Balaban J connectivity index is 2.02. The molecule has 0 radical (unpaired) electrons. The van der Waals surface area contributed by atoms with Gasteiger partial charge in [0.2, 0.25) is 0 Å². The summed E-state index contributed by atoms with van der Waals surface area (Å²) in [5.41, 5.74) is 1.30. The second-order valence-electron chi connectivity index (χ2n) is 3.88. The number of rotatable bonds is 4. The third-order valence-corrected chi connectivity index (χ3v) is 2.98. The highest BCUT2D eigenvalue weighted by Gasteiger charge is 2.11. The lowest BCUT2D eigenvalue weighted by Gasteiger charge is -2.12. The SMILES string of the molecule is Cc1ncnc(NCC(Cl)c2ccccc2)c1F. The van der Waals surface area contributed by atoms with Crippen LogP contribution in [0.25, 0.3) is 0 Å². The maximum Gasteiger partial charge on any atom is 0.186 e. The van der Waals surface area contributed by atoms with Crippen molar-refractivity contribution < 1.29 is 4.39 Å². The number of halogens is 2. The fraction of sp³-hybridized carbons (Fsp3) is 0.231. The third-order valence-electron chi connectivity index (χ3n) is 2.57. The molecule has 1 N–H and O–H groups in total. The highest BCUT2D eigenvalue weighted by atomic mass is 35.5. The van der Waals surface area contributed by atoms with Gasteiger partial charge in [-0.2, -0.15) is 0 Å². The summed E-state index contributed by atoms with van der Waals surface area (Å²) in [7, 11) is 0. The summed E-state index contributed by atoms with van der Waals surface area (Å²) >= 11 is 6.22. The summed E-state index contributed by atoms with van der Waals surface area (Å²) in [5, 5.41) is 2.66. The van der Waals surface area contributed by atoms with Gasteiger partial charge in [0.15, 0.2) is 11.6 Å². The number of anilines is 1. The van der Waals surface area contributed by atoms with Crippen molar-refractivity contribution in [2.45, 2.75) is 12.3 Å². The van der Waals surface area contributed by atoms with Crippen LogP contribution in [0.5, 0.6) is 0 Å². The molecule has 1 aromatic heterocycles. The van der Waals surface area contributed by atoms with Gasteiger partial charge in [0, 0.05) is 6.54 Å². The fourth-order valence-corrected chi connectivity index (χ4v) is 1.77. The van der Waals surface area contributed by atoms with Crippen molar-refractivity contribution in [2.24, 2.45) is 0 Å². The number of benzene rings is 1. The zero-order valence-electron chi connectivity index (χ0n) is 9.90. The molecule has 0 bridgehead atoms. The first kappa shape index (κ1) is 12.8. The molecule has 1 aromatic carbocycles. The number of alkyl halides is 1. The molecule has 0 amide bonds. The van der Waals surface area contributed by atoms with Crippen LogP contribution in [0, 0.1) is 12.7 Å². The van der Waals surface area contributed by atoms with Crippen molar-refractivity contribution >= 4 is 17.4 Å². The molecule has 94 valence electrons. The van der Waals surface area contributed by atoms with Gasteiger partial charge in [-0.15, -0.1) is 11.6 Å². The molecule has 0 aliphatic heterocycles. The van der Waals surface area contributed by atoms with Crippen LogP contribution in [0.15, 0.2) is 36.7 Å². The van der Waals surface area contributed by atoms with Gasteiger partial charge in [-0.05, 0) is 12.5 Å². The maximum absolute atomic E-state index is 13.6.